The van der Waals surface area contributed by atoms with Crippen molar-refractivity contribution in [3.05, 3.63) is 40.6 Å². The smallest absolute Gasteiger partial charge is 0.179 e. The first kappa shape index (κ1) is 11.5. The number of rotatable bonds is 1. The highest BCUT2D eigenvalue weighted by Gasteiger charge is 2.18. The summed E-state index contributed by atoms with van der Waals surface area (Å²) < 4.78 is 18.1. The van der Waals surface area contributed by atoms with Crippen LogP contribution in [-0.4, -0.2) is 21.6 Å². The Bertz CT molecular complexity index is 589. The number of nitrogens with zero attached hydrogens (tertiary/aromatic N) is 3. The molecule has 3 rings (SSSR count). The average Bonchev–Trinajstić information content (AvgIpc) is 2.39. The van der Waals surface area contributed by atoms with E-state index in [0.29, 0.717) is 36.3 Å². The Balaban J connectivity index is 2.08. The van der Waals surface area contributed by atoms with Crippen molar-refractivity contribution in [2.75, 3.05) is 6.61 Å². The van der Waals surface area contributed by atoms with Gasteiger partial charge >= 0.3 is 0 Å². The van der Waals surface area contributed by atoms with E-state index in [2.05, 4.69) is 15.0 Å². The van der Waals surface area contributed by atoms with Crippen molar-refractivity contribution in [2.45, 2.75) is 13.0 Å². The predicted molar refractivity (Wildman–Crippen MR) is 63.6 cm³/mol. The molecule has 0 saturated carbocycles. The summed E-state index contributed by atoms with van der Waals surface area (Å²) in [6, 6.07) is 2.86. The number of hydrogen-bond acceptors (Lipinski definition) is 4. The van der Waals surface area contributed by atoms with E-state index < -0.39 is 5.82 Å². The molecule has 0 saturated heterocycles. The van der Waals surface area contributed by atoms with Crippen LogP contribution in [0.15, 0.2) is 18.3 Å². The Labute approximate surface area is 108 Å². The maximum Gasteiger partial charge on any atom is 0.179 e. The third-order valence-electron chi connectivity index (χ3n) is 2.73. The molecule has 18 heavy (non-hydrogen) atoms. The van der Waals surface area contributed by atoms with Crippen molar-refractivity contribution in [3.8, 4) is 11.5 Å². The van der Waals surface area contributed by atoms with Crippen molar-refractivity contribution < 1.29 is 9.13 Å². The number of ether oxygens (including phenoxy) is 1. The van der Waals surface area contributed by atoms with Gasteiger partial charge in [-0.1, -0.05) is 11.6 Å². The highest BCUT2D eigenvalue weighted by molar-refractivity contribution is 6.30. The largest absolute Gasteiger partial charge is 0.376 e. The van der Waals surface area contributed by atoms with Crippen LogP contribution in [0.3, 0.4) is 0 Å². The molecular formula is C12H9ClFN3O. The summed E-state index contributed by atoms with van der Waals surface area (Å²) in [7, 11) is 0. The van der Waals surface area contributed by atoms with E-state index in [1.807, 2.05) is 0 Å². The summed E-state index contributed by atoms with van der Waals surface area (Å²) in [5.74, 6) is 0.0249. The first-order chi connectivity index (χ1) is 8.74. The van der Waals surface area contributed by atoms with E-state index in [9.17, 15) is 4.39 Å². The molecule has 0 amide bonds. The third-order valence-corrected chi connectivity index (χ3v) is 3.04. The quantitative estimate of drug-likeness (QED) is 0.743. The Morgan fingerprint density at radius 3 is 2.94 bits per heavy atom. The maximum absolute atomic E-state index is 12.8. The van der Waals surface area contributed by atoms with Crippen molar-refractivity contribution in [3.63, 3.8) is 0 Å². The van der Waals surface area contributed by atoms with Gasteiger partial charge in [0.2, 0.25) is 0 Å². The van der Waals surface area contributed by atoms with Gasteiger partial charge in [0.25, 0.3) is 0 Å². The number of pyridine rings is 1. The van der Waals surface area contributed by atoms with Gasteiger partial charge in [0, 0.05) is 12.0 Å². The molecule has 0 aromatic carbocycles. The number of hydrogen-bond donors (Lipinski definition) is 0. The fourth-order valence-corrected chi connectivity index (χ4v) is 2.06. The Morgan fingerprint density at radius 1 is 1.28 bits per heavy atom. The van der Waals surface area contributed by atoms with Crippen LogP contribution in [0.2, 0.25) is 5.15 Å². The van der Waals surface area contributed by atoms with E-state index in [1.54, 1.807) is 0 Å². The van der Waals surface area contributed by atoms with E-state index in [0.717, 1.165) is 17.5 Å². The minimum atomic E-state index is -0.392. The van der Waals surface area contributed by atoms with Gasteiger partial charge in [0.15, 0.2) is 5.82 Å². The number of fused-ring (bicyclic) bond motifs is 1. The molecule has 3 heterocycles. The van der Waals surface area contributed by atoms with E-state index in [4.69, 9.17) is 16.3 Å². The highest BCUT2D eigenvalue weighted by Crippen LogP contribution is 2.25. The molecule has 0 N–H and O–H groups in total. The van der Waals surface area contributed by atoms with Crippen LogP contribution >= 0.6 is 11.6 Å². The molecule has 1 aliphatic rings. The monoisotopic (exact) mass is 265 g/mol. The molecule has 0 unspecified atom stereocenters. The predicted octanol–water partition coefficient (Wildman–Crippen LogP) is 2.40. The zero-order valence-electron chi connectivity index (χ0n) is 9.36. The molecule has 0 spiro atoms. The minimum absolute atomic E-state index is 0.376. The second-order valence-electron chi connectivity index (χ2n) is 3.93. The Kier molecular flexibility index (Phi) is 2.93. The van der Waals surface area contributed by atoms with Crippen LogP contribution in [0.1, 0.15) is 11.3 Å². The lowest BCUT2D eigenvalue weighted by Gasteiger charge is -2.16. The molecule has 0 atom stereocenters. The number of halogens is 2. The summed E-state index contributed by atoms with van der Waals surface area (Å²) in [6.45, 7) is 1.06. The van der Waals surface area contributed by atoms with Crippen LogP contribution in [-0.2, 0) is 17.8 Å². The maximum atomic E-state index is 12.8. The van der Waals surface area contributed by atoms with Gasteiger partial charge in [0.05, 0.1) is 25.1 Å². The lowest BCUT2D eigenvalue weighted by Crippen LogP contribution is -2.14. The second-order valence-corrected chi connectivity index (χ2v) is 4.29. The van der Waals surface area contributed by atoms with Gasteiger partial charge < -0.3 is 4.74 Å². The molecule has 0 aliphatic carbocycles. The van der Waals surface area contributed by atoms with Crippen LogP contribution in [0.5, 0.6) is 0 Å². The average molecular weight is 266 g/mol. The molecule has 4 nitrogen and oxygen atoms in total. The minimum Gasteiger partial charge on any atom is -0.376 e. The third kappa shape index (κ3) is 2.07. The summed E-state index contributed by atoms with van der Waals surface area (Å²) >= 11 is 6.10. The first-order valence-electron chi connectivity index (χ1n) is 5.49. The highest BCUT2D eigenvalue weighted by atomic mass is 35.5. The summed E-state index contributed by atoms with van der Waals surface area (Å²) in [5.41, 5.74) is 2.21. The van der Waals surface area contributed by atoms with Gasteiger partial charge in [-0.3, -0.25) is 0 Å². The summed E-state index contributed by atoms with van der Waals surface area (Å²) in [4.78, 5) is 12.5. The van der Waals surface area contributed by atoms with Crippen molar-refractivity contribution >= 4 is 11.6 Å². The summed E-state index contributed by atoms with van der Waals surface area (Å²) in [5, 5.41) is 0.376. The molecule has 2 aromatic heterocycles. The van der Waals surface area contributed by atoms with E-state index >= 15 is 0 Å². The Morgan fingerprint density at radius 2 is 2.17 bits per heavy atom. The van der Waals surface area contributed by atoms with E-state index in [1.165, 1.54) is 12.1 Å². The van der Waals surface area contributed by atoms with E-state index in [-0.39, 0.29) is 0 Å². The molecule has 0 radical (unpaired) electrons. The molecule has 6 heteroatoms. The van der Waals surface area contributed by atoms with Gasteiger partial charge in [-0.25, -0.2) is 19.3 Å². The fraction of sp³-hybridized carbons (Fsp3) is 0.250. The van der Waals surface area contributed by atoms with Crippen LogP contribution in [0, 0.1) is 5.82 Å². The van der Waals surface area contributed by atoms with Gasteiger partial charge in [0.1, 0.15) is 16.7 Å². The van der Waals surface area contributed by atoms with Crippen molar-refractivity contribution in [1.29, 1.82) is 0 Å². The lowest BCUT2D eigenvalue weighted by atomic mass is 10.1. The van der Waals surface area contributed by atoms with Gasteiger partial charge in [-0.15, -0.1) is 0 Å². The fourth-order valence-electron chi connectivity index (χ4n) is 1.82. The molecule has 1 aliphatic heterocycles. The second kappa shape index (κ2) is 4.59. The topological polar surface area (TPSA) is 47.9 Å². The van der Waals surface area contributed by atoms with Crippen LogP contribution in [0.4, 0.5) is 4.39 Å². The molecule has 92 valence electrons. The summed E-state index contributed by atoms with van der Waals surface area (Å²) in [6.07, 6.45) is 1.83. The lowest BCUT2D eigenvalue weighted by molar-refractivity contribution is 0.109. The van der Waals surface area contributed by atoms with Crippen LogP contribution in [0.25, 0.3) is 11.5 Å². The zero-order valence-corrected chi connectivity index (χ0v) is 10.1. The zero-order chi connectivity index (χ0) is 12.5. The molecule has 0 fully saturated rings. The Hall–Kier alpha value is -1.59. The molecule has 0 bridgehead atoms. The SMILES string of the molecule is Fc1ccc(-c2nc(Cl)c3c(n2)CCOC3)nc1. The normalized spacial score (nSPS) is 14.3. The standard InChI is InChI=1S/C12H9ClFN3O/c13-11-8-6-18-4-3-9(8)16-12(17-11)10-2-1-7(14)5-15-10/h1-2,5H,3-4,6H2. The molecule has 2 aromatic rings. The van der Waals surface area contributed by atoms with Gasteiger partial charge in [-0.05, 0) is 12.1 Å². The van der Waals surface area contributed by atoms with Crippen LogP contribution < -0.4 is 0 Å². The molecular weight excluding hydrogens is 257 g/mol. The van der Waals surface area contributed by atoms with Gasteiger partial charge in [-0.2, -0.15) is 0 Å². The first-order valence-corrected chi connectivity index (χ1v) is 5.87. The number of aromatic nitrogens is 3. The van der Waals surface area contributed by atoms with Crippen molar-refractivity contribution in [1.82, 2.24) is 15.0 Å². The van der Waals surface area contributed by atoms with Crippen molar-refractivity contribution in [2.24, 2.45) is 0 Å².